The minimum absolute atomic E-state index is 0.218. The van der Waals surface area contributed by atoms with Gasteiger partial charge in [0.25, 0.3) is 5.56 Å². The van der Waals surface area contributed by atoms with Crippen LogP contribution < -0.4 is 15.0 Å². The van der Waals surface area contributed by atoms with Gasteiger partial charge < -0.3 is 9.47 Å². The van der Waals surface area contributed by atoms with Crippen LogP contribution in [0.15, 0.2) is 67.4 Å². The molecule has 0 aliphatic carbocycles. The molecular formula is C28H25Br2Cl2N3O3. The van der Waals surface area contributed by atoms with Crippen LogP contribution in [-0.4, -0.2) is 22.5 Å². The molecule has 0 amide bonds. The molecule has 0 spiro atoms. The second kappa shape index (κ2) is 13.1. The Hall–Kier alpha value is -2.39. The summed E-state index contributed by atoms with van der Waals surface area (Å²) in [5.41, 5.74) is 2.03. The number of hydrogen-bond donors (Lipinski definition) is 0. The molecule has 0 aliphatic heterocycles. The Kier molecular flexibility index (Phi) is 9.87. The molecule has 0 radical (unpaired) electrons. The smallest absolute Gasteiger partial charge is 0.282 e. The van der Waals surface area contributed by atoms with Gasteiger partial charge in [-0.15, -0.1) is 0 Å². The maximum absolute atomic E-state index is 13.4. The third kappa shape index (κ3) is 6.78. The summed E-state index contributed by atoms with van der Waals surface area (Å²) in [6, 6.07) is 14.5. The van der Waals surface area contributed by atoms with Crippen LogP contribution >= 0.6 is 55.1 Å². The standard InChI is InChI=1S/C28H25Br2Cl2N3O3/c1-3-5-6-26-34-24-10-8-19(29)14-20(24)28(36)35(26)33-15-18-11-21(30)27(25(13-18)37-4-2)38-16-17-7-9-22(31)23(32)12-17/h7-15H,3-6,16H2,1-2H3. The highest BCUT2D eigenvalue weighted by molar-refractivity contribution is 9.10. The molecule has 0 saturated heterocycles. The third-order valence-electron chi connectivity index (χ3n) is 5.65. The molecular weight excluding hydrogens is 657 g/mol. The van der Waals surface area contributed by atoms with Gasteiger partial charge in [-0.25, -0.2) is 4.98 Å². The van der Waals surface area contributed by atoms with E-state index in [-0.39, 0.29) is 12.2 Å². The lowest BCUT2D eigenvalue weighted by atomic mass is 10.2. The highest BCUT2D eigenvalue weighted by Crippen LogP contribution is 2.37. The molecule has 1 aromatic heterocycles. The topological polar surface area (TPSA) is 65.7 Å². The van der Waals surface area contributed by atoms with E-state index in [1.165, 1.54) is 4.68 Å². The number of hydrogen-bond acceptors (Lipinski definition) is 5. The van der Waals surface area contributed by atoms with Crippen LogP contribution in [0.3, 0.4) is 0 Å². The first-order valence-electron chi connectivity index (χ1n) is 12.1. The van der Waals surface area contributed by atoms with Crippen molar-refractivity contribution in [2.75, 3.05) is 6.61 Å². The van der Waals surface area contributed by atoms with Crippen molar-refractivity contribution in [1.29, 1.82) is 0 Å². The number of unbranched alkanes of at least 4 members (excludes halogenated alkanes) is 1. The lowest BCUT2D eigenvalue weighted by molar-refractivity contribution is 0.267. The molecule has 6 nitrogen and oxygen atoms in total. The molecule has 0 bridgehead atoms. The Balaban J connectivity index is 1.68. The van der Waals surface area contributed by atoms with Crippen molar-refractivity contribution in [1.82, 2.24) is 9.66 Å². The first-order valence-corrected chi connectivity index (χ1v) is 14.4. The van der Waals surface area contributed by atoms with Crippen molar-refractivity contribution in [3.63, 3.8) is 0 Å². The molecule has 4 aromatic rings. The number of fused-ring (bicyclic) bond motifs is 1. The van der Waals surface area contributed by atoms with Crippen LogP contribution in [0.5, 0.6) is 11.5 Å². The Morgan fingerprint density at radius 2 is 1.84 bits per heavy atom. The van der Waals surface area contributed by atoms with E-state index in [1.54, 1.807) is 24.4 Å². The van der Waals surface area contributed by atoms with Crippen molar-refractivity contribution in [2.45, 2.75) is 39.7 Å². The minimum atomic E-state index is -0.218. The van der Waals surface area contributed by atoms with Gasteiger partial charge in [-0.3, -0.25) is 4.79 Å². The van der Waals surface area contributed by atoms with E-state index in [4.69, 9.17) is 37.7 Å². The average molecular weight is 682 g/mol. The summed E-state index contributed by atoms with van der Waals surface area (Å²) >= 11 is 19.2. The van der Waals surface area contributed by atoms with Crippen LogP contribution in [0.4, 0.5) is 0 Å². The average Bonchev–Trinajstić information content (AvgIpc) is 2.89. The van der Waals surface area contributed by atoms with E-state index in [0.29, 0.717) is 55.8 Å². The summed E-state index contributed by atoms with van der Waals surface area (Å²) < 4.78 is 14.8. The van der Waals surface area contributed by atoms with Gasteiger partial charge in [0.2, 0.25) is 0 Å². The molecule has 4 rings (SSSR count). The van der Waals surface area contributed by atoms with Crippen LogP contribution in [0.2, 0.25) is 10.0 Å². The van der Waals surface area contributed by atoms with E-state index in [2.05, 4.69) is 43.9 Å². The summed E-state index contributed by atoms with van der Waals surface area (Å²) in [6.45, 7) is 4.72. The fourth-order valence-electron chi connectivity index (χ4n) is 3.79. The normalized spacial score (nSPS) is 11.4. The number of halogens is 4. The maximum Gasteiger partial charge on any atom is 0.282 e. The van der Waals surface area contributed by atoms with E-state index in [9.17, 15) is 4.79 Å². The Morgan fingerprint density at radius 3 is 2.58 bits per heavy atom. The van der Waals surface area contributed by atoms with E-state index in [1.807, 2.05) is 37.3 Å². The largest absolute Gasteiger partial charge is 0.490 e. The summed E-state index contributed by atoms with van der Waals surface area (Å²) in [5.74, 6) is 1.71. The van der Waals surface area contributed by atoms with Crippen molar-refractivity contribution in [2.24, 2.45) is 5.10 Å². The number of nitrogens with zero attached hydrogens (tertiary/aromatic N) is 3. The van der Waals surface area contributed by atoms with Crippen LogP contribution in [-0.2, 0) is 13.0 Å². The highest BCUT2D eigenvalue weighted by atomic mass is 79.9. The Labute approximate surface area is 247 Å². The van der Waals surface area contributed by atoms with Gasteiger partial charge in [0.05, 0.1) is 38.2 Å². The molecule has 0 aliphatic rings. The van der Waals surface area contributed by atoms with Gasteiger partial charge in [-0.05, 0) is 82.9 Å². The fraction of sp³-hybridized carbons (Fsp3) is 0.250. The van der Waals surface area contributed by atoms with E-state index >= 15 is 0 Å². The van der Waals surface area contributed by atoms with Crippen LogP contribution in [0.1, 0.15) is 43.6 Å². The maximum atomic E-state index is 13.4. The zero-order valence-electron chi connectivity index (χ0n) is 20.8. The first kappa shape index (κ1) is 28.6. The lowest BCUT2D eigenvalue weighted by Crippen LogP contribution is -2.22. The van der Waals surface area contributed by atoms with Gasteiger partial charge >= 0.3 is 0 Å². The first-order chi connectivity index (χ1) is 18.3. The third-order valence-corrected chi connectivity index (χ3v) is 7.47. The Bertz CT molecular complexity index is 1560. The van der Waals surface area contributed by atoms with E-state index in [0.717, 1.165) is 28.4 Å². The summed E-state index contributed by atoms with van der Waals surface area (Å²) in [7, 11) is 0. The molecule has 38 heavy (non-hydrogen) atoms. The zero-order valence-corrected chi connectivity index (χ0v) is 25.5. The number of aryl methyl sites for hydroxylation is 1. The van der Waals surface area contributed by atoms with Gasteiger partial charge in [0.15, 0.2) is 11.5 Å². The molecule has 0 fully saturated rings. The van der Waals surface area contributed by atoms with Gasteiger partial charge in [0.1, 0.15) is 12.4 Å². The monoisotopic (exact) mass is 679 g/mol. The van der Waals surface area contributed by atoms with Crippen LogP contribution in [0.25, 0.3) is 10.9 Å². The predicted molar refractivity (Wildman–Crippen MR) is 161 cm³/mol. The van der Waals surface area contributed by atoms with Gasteiger partial charge in [-0.1, -0.05) is 58.5 Å². The van der Waals surface area contributed by atoms with Crippen molar-refractivity contribution >= 4 is 72.2 Å². The predicted octanol–water partition coefficient (Wildman–Crippen LogP) is 8.43. The number of rotatable bonds is 10. The number of aromatic nitrogens is 2. The number of benzene rings is 3. The highest BCUT2D eigenvalue weighted by Gasteiger charge is 2.14. The second-order valence-electron chi connectivity index (χ2n) is 8.45. The Morgan fingerprint density at radius 1 is 1.03 bits per heavy atom. The summed E-state index contributed by atoms with van der Waals surface area (Å²) in [4.78, 5) is 18.1. The van der Waals surface area contributed by atoms with Gasteiger partial charge in [-0.2, -0.15) is 9.78 Å². The van der Waals surface area contributed by atoms with Crippen molar-refractivity contribution in [3.8, 4) is 11.5 Å². The molecule has 3 aromatic carbocycles. The van der Waals surface area contributed by atoms with E-state index < -0.39 is 0 Å². The summed E-state index contributed by atoms with van der Waals surface area (Å²) in [6.07, 6.45) is 4.14. The zero-order chi connectivity index (χ0) is 27.2. The molecule has 0 unspecified atom stereocenters. The number of ether oxygens (including phenoxy) is 2. The molecule has 0 saturated carbocycles. The minimum Gasteiger partial charge on any atom is -0.490 e. The van der Waals surface area contributed by atoms with Crippen LogP contribution in [0, 0.1) is 0 Å². The summed E-state index contributed by atoms with van der Waals surface area (Å²) in [5, 5.41) is 6.00. The second-order valence-corrected chi connectivity index (χ2v) is 11.0. The molecule has 0 atom stereocenters. The van der Waals surface area contributed by atoms with Crippen molar-refractivity contribution in [3.05, 3.63) is 94.8 Å². The lowest BCUT2D eigenvalue weighted by Gasteiger charge is -2.15. The SMILES string of the molecule is CCCCc1nc2ccc(Br)cc2c(=O)n1N=Cc1cc(Br)c(OCc2ccc(Cl)c(Cl)c2)c(OCC)c1. The molecule has 1 heterocycles. The van der Waals surface area contributed by atoms with Gasteiger partial charge in [0, 0.05) is 10.9 Å². The van der Waals surface area contributed by atoms with Crippen molar-refractivity contribution < 1.29 is 9.47 Å². The fourth-order valence-corrected chi connectivity index (χ4v) is 5.04. The molecule has 198 valence electrons. The molecule has 10 heteroatoms. The molecule has 0 N–H and O–H groups in total. The quantitative estimate of drug-likeness (QED) is 0.158.